The maximum absolute atomic E-state index is 14.7. The van der Waals surface area contributed by atoms with Crippen LogP contribution in [0.4, 0.5) is 0 Å². The highest BCUT2D eigenvalue weighted by atomic mass is 16.5. The standard InChI is InChI=1S/C48H59N11O7/c1-27-40(28(2)55-42(54-27)31-7-10-33(11-8-31)48(4)15-16-48)45(62)57-36(14-17-49)47(64)59(5)41-32-9-13-39(66-23-20-52)35(26-32)34-24-30(6-12-38(34)65-22-19-51)25-37(44(61)53-21-18-50)58-43(60)29(3)56-46(41)63/h6-13,24,26,29,36-37,41H,14-17,19-23,25,49,51-52H2,1-5H3,(H,53,61)(H,56,63)(H,57,62)(H,58,60)/t29-,36-,37-,41-/m0/s1. The summed E-state index contributed by atoms with van der Waals surface area (Å²) in [6.45, 7) is 7.47. The first-order chi connectivity index (χ1) is 31.6. The number of benzene rings is 3. The Balaban J connectivity index is 1.38. The van der Waals surface area contributed by atoms with Crippen molar-refractivity contribution in [3.63, 3.8) is 0 Å². The molecule has 1 saturated carbocycles. The zero-order chi connectivity index (χ0) is 47.7. The summed E-state index contributed by atoms with van der Waals surface area (Å²) in [6.07, 6.45) is 2.31. The van der Waals surface area contributed by atoms with Gasteiger partial charge in [-0.25, -0.2) is 9.97 Å². The maximum Gasteiger partial charge on any atom is 0.255 e. The highest BCUT2D eigenvalue weighted by Gasteiger charge is 2.39. The number of nitrogens with one attached hydrogen (secondary N) is 4. The number of ether oxygens (including phenoxy) is 2. The van der Waals surface area contributed by atoms with Crippen LogP contribution in [0, 0.1) is 25.2 Å². The van der Waals surface area contributed by atoms with E-state index in [4.69, 9.17) is 26.7 Å². The van der Waals surface area contributed by atoms with Gasteiger partial charge in [-0.2, -0.15) is 5.26 Å². The van der Waals surface area contributed by atoms with Crippen molar-refractivity contribution in [3.8, 4) is 40.1 Å². The Morgan fingerprint density at radius 1 is 0.894 bits per heavy atom. The average Bonchev–Trinajstić information content (AvgIpc) is 4.06. The van der Waals surface area contributed by atoms with E-state index in [0.717, 1.165) is 18.4 Å². The number of hydrogen-bond donors (Lipinski definition) is 7. The van der Waals surface area contributed by atoms with Crippen LogP contribution >= 0.6 is 0 Å². The molecule has 6 rings (SSSR count). The maximum atomic E-state index is 14.7. The lowest BCUT2D eigenvalue weighted by molar-refractivity contribution is -0.141. The molecule has 3 aromatic carbocycles. The van der Waals surface area contributed by atoms with Gasteiger partial charge in [0.2, 0.25) is 23.6 Å². The average molecular weight is 902 g/mol. The SMILES string of the molecule is Cc1nc(-c2ccc(C3(C)CC3)cc2)nc(C)c1C(=O)N[C@@H](CCN)C(=O)N(C)[C@@H]1C(=O)N[C@@H](C)C(=O)N[C@H](C(=O)NCC#N)Cc2ccc(OCCN)c(c2)-c2cc1ccc2OCCN. The molecule has 18 nitrogen and oxygen atoms in total. The monoisotopic (exact) mass is 901 g/mol. The third-order valence-electron chi connectivity index (χ3n) is 12.0. The Morgan fingerprint density at radius 2 is 1.52 bits per heavy atom. The van der Waals surface area contributed by atoms with E-state index in [2.05, 4.69) is 50.3 Å². The van der Waals surface area contributed by atoms with Gasteiger partial charge in [0.25, 0.3) is 5.91 Å². The van der Waals surface area contributed by atoms with E-state index >= 15 is 0 Å². The number of nitriles is 1. The van der Waals surface area contributed by atoms with Crippen LogP contribution in [0.15, 0.2) is 60.7 Å². The molecule has 1 fully saturated rings. The van der Waals surface area contributed by atoms with Gasteiger partial charge >= 0.3 is 0 Å². The van der Waals surface area contributed by atoms with Crippen LogP contribution < -0.4 is 47.9 Å². The summed E-state index contributed by atoms with van der Waals surface area (Å²) in [5, 5.41) is 19.9. The summed E-state index contributed by atoms with van der Waals surface area (Å²) >= 11 is 0. The lowest BCUT2D eigenvalue weighted by atomic mass is 9.93. The van der Waals surface area contributed by atoms with E-state index in [1.165, 1.54) is 24.4 Å². The molecule has 0 saturated heterocycles. The first-order valence-corrected chi connectivity index (χ1v) is 22.0. The third kappa shape index (κ3) is 11.1. The molecule has 4 bridgehead atoms. The van der Waals surface area contributed by atoms with Crippen molar-refractivity contribution < 1.29 is 33.4 Å². The smallest absolute Gasteiger partial charge is 0.255 e. The minimum absolute atomic E-state index is 0.00328. The predicted molar refractivity (Wildman–Crippen MR) is 247 cm³/mol. The molecule has 66 heavy (non-hydrogen) atoms. The number of carbonyl (C=O) groups excluding carboxylic acids is 5. The quantitative estimate of drug-likeness (QED) is 0.0794. The van der Waals surface area contributed by atoms with Crippen LogP contribution in [0.5, 0.6) is 11.5 Å². The zero-order valence-electron chi connectivity index (χ0n) is 38.0. The zero-order valence-corrected chi connectivity index (χ0v) is 38.0. The van der Waals surface area contributed by atoms with Crippen molar-refractivity contribution in [3.05, 3.63) is 94.3 Å². The number of aryl methyl sites for hydroxylation is 2. The molecule has 10 N–H and O–H groups in total. The van der Waals surface area contributed by atoms with Gasteiger partial charge in [-0.05, 0) is 92.9 Å². The Labute approximate surface area is 384 Å². The van der Waals surface area contributed by atoms with E-state index in [1.807, 2.05) is 18.2 Å². The van der Waals surface area contributed by atoms with Crippen molar-refractivity contribution in [1.82, 2.24) is 36.1 Å². The number of rotatable bonds is 16. The van der Waals surface area contributed by atoms with Crippen molar-refractivity contribution in [2.24, 2.45) is 17.2 Å². The fourth-order valence-electron chi connectivity index (χ4n) is 8.03. The summed E-state index contributed by atoms with van der Waals surface area (Å²) in [4.78, 5) is 81.1. The molecule has 4 atom stereocenters. The summed E-state index contributed by atoms with van der Waals surface area (Å²) in [5.41, 5.74) is 22.9. The van der Waals surface area contributed by atoms with E-state index in [-0.39, 0.29) is 63.2 Å². The minimum Gasteiger partial charge on any atom is -0.492 e. The fourth-order valence-corrected chi connectivity index (χ4v) is 8.03. The first-order valence-electron chi connectivity index (χ1n) is 22.0. The van der Waals surface area contributed by atoms with Gasteiger partial charge in [0.1, 0.15) is 55.4 Å². The molecule has 1 aromatic heterocycles. The highest BCUT2D eigenvalue weighted by Crippen LogP contribution is 2.47. The van der Waals surface area contributed by atoms with Crippen LogP contribution in [0.2, 0.25) is 0 Å². The predicted octanol–water partition coefficient (Wildman–Crippen LogP) is 1.99. The summed E-state index contributed by atoms with van der Waals surface area (Å²) in [6, 6.07) is 15.2. The van der Waals surface area contributed by atoms with E-state index in [9.17, 15) is 29.2 Å². The number of nitrogens with two attached hydrogens (primary N) is 3. The van der Waals surface area contributed by atoms with Crippen LogP contribution in [-0.2, 0) is 31.0 Å². The summed E-state index contributed by atoms with van der Waals surface area (Å²) in [7, 11) is 1.42. The second-order valence-corrected chi connectivity index (χ2v) is 16.9. The second-order valence-electron chi connectivity index (χ2n) is 16.9. The molecule has 348 valence electrons. The van der Waals surface area contributed by atoms with Crippen LogP contribution in [0.3, 0.4) is 0 Å². The van der Waals surface area contributed by atoms with Crippen LogP contribution in [0.25, 0.3) is 22.5 Å². The number of likely N-dealkylation sites (N-methyl/N-ethyl adjacent to an activating group) is 1. The van der Waals surface area contributed by atoms with Crippen molar-refractivity contribution in [2.45, 2.75) is 83.0 Å². The molecular weight excluding hydrogens is 843 g/mol. The molecule has 4 aromatic rings. The van der Waals surface area contributed by atoms with Gasteiger partial charge in [-0.15, -0.1) is 0 Å². The largest absolute Gasteiger partial charge is 0.492 e. The minimum atomic E-state index is -1.40. The Kier molecular flexibility index (Phi) is 15.7. The Hall–Kier alpha value is -6.94. The van der Waals surface area contributed by atoms with Gasteiger partial charge in [-0.1, -0.05) is 43.3 Å². The lowest BCUT2D eigenvalue weighted by Crippen LogP contribution is -2.56. The van der Waals surface area contributed by atoms with E-state index < -0.39 is 53.7 Å². The molecule has 2 heterocycles. The molecule has 0 unspecified atom stereocenters. The number of nitrogens with zero attached hydrogens (tertiary/aromatic N) is 4. The molecule has 0 spiro atoms. The van der Waals surface area contributed by atoms with Gasteiger partial charge in [0, 0.05) is 43.2 Å². The van der Waals surface area contributed by atoms with Crippen LogP contribution in [-0.4, -0.2) is 109 Å². The molecule has 0 radical (unpaired) electrons. The Bertz CT molecular complexity index is 2480. The van der Waals surface area contributed by atoms with Gasteiger partial charge in [-0.3, -0.25) is 24.0 Å². The van der Waals surface area contributed by atoms with Gasteiger partial charge in [0.15, 0.2) is 5.82 Å². The topological polar surface area (TPSA) is 283 Å². The number of aromatic nitrogens is 2. The van der Waals surface area contributed by atoms with Gasteiger partial charge < -0.3 is 52.8 Å². The lowest BCUT2D eigenvalue weighted by Gasteiger charge is -2.32. The van der Waals surface area contributed by atoms with E-state index in [0.29, 0.717) is 51.0 Å². The molecule has 2 aliphatic rings. The van der Waals surface area contributed by atoms with Crippen molar-refractivity contribution in [1.29, 1.82) is 5.26 Å². The highest BCUT2D eigenvalue weighted by molar-refractivity contribution is 6.00. The molecule has 18 heteroatoms. The van der Waals surface area contributed by atoms with Gasteiger partial charge in [0.05, 0.1) is 23.0 Å². The molecular formula is C48H59N11O7. The number of carbonyl (C=O) groups is 5. The molecule has 5 amide bonds. The third-order valence-corrected chi connectivity index (χ3v) is 12.0. The first kappa shape index (κ1) is 48.5. The molecule has 1 aliphatic heterocycles. The summed E-state index contributed by atoms with van der Waals surface area (Å²) < 4.78 is 12.2. The number of fused-ring (bicyclic) bond motifs is 5. The number of amides is 5. The van der Waals surface area contributed by atoms with Crippen molar-refractivity contribution >= 4 is 29.5 Å². The summed E-state index contributed by atoms with van der Waals surface area (Å²) in [5.74, 6) is -2.08. The second kappa shape index (κ2) is 21.4. The molecule has 1 aliphatic carbocycles. The van der Waals surface area contributed by atoms with E-state index in [1.54, 1.807) is 50.2 Å². The normalized spacial score (nSPS) is 18.0. The fraction of sp³-hybridized carbons (Fsp3) is 0.417. The van der Waals surface area contributed by atoms with Crippen molar-refractivity contribution in [2.75, 3.05) is 46.4 Å². The number of hydrogen-bond acceptors (Lipinski definition) is 13. The Morgan fingerprint density at radius 3 is 2.11 bits per heavy atom. The van der Waals surface area contributed by atoms with Crippen LogP contribution in [0.1, 0.15) is 77.6 Å².